The van der Waals surface area contributed by atoms with E-state index in [4.69, 9.17) is 2.81 Å². The third-order valence-corrected chi connectivity index (χ3v) is 0. The van der Waals surface area contributed by atoms with Crippen molar-refractivity contribution in [2.75, 3.05) is 0 Å². The molecule has 0 aromatic carbocycles. The standard InChI is InChI=1S/Ga.In.O.Zn.Zr.6H. The molecule has 0 amide bonds. The molecular weight excluding hydrogens is 357 g/mol. The molecule has 0 aromatic rings. The molecule has 0 spiro atoms. The fraction of sp³-hybridized carbons (Fsp3) is 0. The fourth-order valence-corrected chi connectivity index (χ4v) is 0. The van der Waals surface area contributed by atoms with Crippen LogP contribution in [0.4, 0.5) is 0 Å². The van der Waals surface area contributed by atoms with Crippen molar-refractivity contribution in [3.63, 3.8) is 0 Å². The van der Waals surface area contributed by atoms with Crippen molar-refractivity contribution in [2.24, 2.45) is 0 Å². The van der Waals surface area contributed by atoms with Gasteiger partial charge < -0.3 is 0 Å². The van der Waals surface area contributed by atoms with Crippen LogP contribution in [0.25, 0.3) is 0 Å². The van der Waals surface area contributed by atoms with Gasteiger partial charge in [0, 0.05) is 19.5 Å². The monoisotopic (exact) mass is 360 g/mol. The first-order chi connectivity index (χ1) is 1.00. The summed E-state index contributed by atoms with van der Waals surface area (Å²) in [5.74, 6) is 0. The van der Waals surface area contributed by atoms with Crippen molar-refractivity contribution in [3.8, 4) is 0 Å². The van der Waals surface area contributed by atoms with Crippen LogP contribution in [-0.2, 0) is 47.0 Å². The van der Waals surface area contributed by atoms with Gasteiger partial charge in [0.1, 0.15) is 0 Å². The summed E-state index contributed by atoms with van der Waals surface area (Å²) in [5, 5.41) is 0. The Hall–Kier alpha value is 2.81. The number of hydrogen-bond donors (Lipinski definition) is 0. The molecule has 5 heteroatoms. The molecule has 0 aliphatic carbocycles. The SMILES string of the molecule is [GaH3].[InH3].[O]=[Zr].[Zn]. The predicted octanol–water partition coefficient (Wildman–Crippen LogP) is -2.49. The molecule has 0 aromatic heterocycles. The van der Waals surface area contributed by atoms with Crippen molar-refractivity contribution >= 4 is 45.6 Å². The van der Waals surface area contributed by atoms with Crippen molar-refractivity contribution in [3.05, 3.63) is 0 Å². The molecule has 0 saturated heterocycles. The van der Waals surface area contributed by atoms with E-state index in [0.29, 0.717) is 24.7 Å². The Labute approximate surface area is 90.9 Å². The Balaban J connectivity index is -0.00000000167. The zero-order valence-electron chi connectivity index (χ0n) is 1.62. The minimum absolute atomic E-state index is 0. The minimum Gasteiger partial charge on any atom is 0 e. The first-order valence-electron chi connectivity index (χ1n) is 0.204. The first kappa shape index (κ1) is 24.9. The summed E-state index contributed by atoms with van der Waals surface area (Å²) in [7, 11) is 0. The zero-order valence-corrected chi connectivity index (χ0v) is 7.04. The van der Waals surface area contributed by atoms with Crippen LogP contribution in [0.15, 0.2) is 0 Å². The Morgan fingerprint density at radius 3 is 1.20 bits per heavy atom. The van der Waals surface area contributed by atoms with Gasteiger partial charge in [-0.3, -0.25) is 0 Å². The van der Waals surface area contributed by atoms with Gasteiger partial charge in [-0.15, -0.1) is 0 Å². The Morgan fingerprint density at radius 1 is 1.20 bits per heavy atom. The van der Waals surface area contributed by atoms with E-state index in [0.717, 1.165) is 0 Å². The van der Waals surface area contributed by atoms with Gasteiger partial charge in [0.15, 0.2) is 0 Å². The normalized spacial score (nSPS) is 0.600. The summed E-state index contributed by atoms with van der Waals surface area (Å²) in [4.78, 5) is 0. The van der Waals surface area contributed by atoms with Gasteiger partial charge in [0.25, 0.3) is 0 Å². The molecule has 0 radical (unpaired) electrons. The maximum Gasteiger partial charge on any atom is 0 e. The van der Waals surface area contributed by atoms with Crippen LogP contribution in [0.1, 0.15) is 0 Å². The summed E-state index contributed by atoms with van der Waals surface area (Å²) in [6.07, 6.45) is 0. The first-order valence-corrected chi connectivity index (χ1v) is 1.21. The molecule has 24 valence electrons. The largest absolute Gasteiger partial charge is 0 e. The summed E-state index contributed by atoms with van der Waals surface area (Å²) in [6, 6.07) is 0. The topological polar surface area (TPSA) is 17.1 Å². The maximum atomic E-state index is 8.34. The quantitative estimate of drug-likeness (QED) is 0.436. The number of rotatable bonds is 0. The molecule has 0 bridgehead atoms. The van der Waals surface area contributed by atoms with Gasteiger partial charge in [-0.05, 0) is 0 Å². The maximum absolute atomic E-state index is 8.34. The van der Waals surface area contributed by atoms with Gasteiger partial charge in [-0.1, -0.05) is 0 Å². The third-order valence-electron chi connectivity index (χ3n) is 0. The average molecular weight is 363 g/mol. The average Bonchev–Trinajstić information content (AvgIpc) is 1.00. The minimum atomic E-state index is 0. The molecule has 1 nitrogen and oxygen atoms in total. The molecule has 0 rings (SSSR count). The van der Waals surface area contributed by atoms with Crippen molar-refractivity contribution < 1.29 is 47.0 Å². The molecule has 0 N–H and O–H groups in total. The van der Waals surface area contributed by atoms with E-state index in [1.807, 2.05) is 0 Å². The van der Waals surface area contributed by atoms with Gasteiger partial charge in [-0.25, -0.2) is 0 Å². The molecule has 0 aliphatic heterocycles. The van der Waals surface area contributed by atoms with E-state index in [-0.39, 0.29) is 65.1 Å². The molecule has 0 unspecified atom stereocenters. The molecular formula is H6GaInOZnZr. The second-order valence-corrected chi connectivity index (χ2v) is 0. The van der Waals surface area contributed by atoms with E-state index in [1.165, 1.54) is 0 Å². The zero-order chi connectivity index (χ0) is 2.00. The fourth-order valence-electron chi connectivity index (χ4n) is 0. The predicted molar refractivity (Wildman–Crippen MR) is 20.6 cm³/mol. The second kappa shape index (κ2) is 29.1. The van der Waals surface area contributed by atoms with Gasteiger partial charge in [0.05, 0.1) is 0 Å². The van der Waals surface area contributed by atoms with Crippen LogP contribution < -0.4 is 0 Å². The summed E-state index contributed by atoms with van der Waals surface area (Å²) in [6.45, 7) is 0. The van der Waals surface area contributed by atoms with Gasteiger partial charge >= 0.3 is 73.2 Å². The Kier molecular flexibility index (Phi) is 145. The van der Waals surface area contributed by atoms with Gasteiger partial charge in [0.2, 0.25) is 0 Å². The van der Waals surface area contributed by atoms with Crippen LogP contribution in [0.2, 0.25) is 0 Å². The molecule has 5 heavy (non-hydrogen) atoms. The summed E-state index contributed by atoms with van der Waals surface area (Å²) < 4.78 is 8.34. The summed E-state index contributed by atoms with van der Waals surface area (Å²) in [5.41, 5.74) is 0. The van der Waals surface area contributed by atoms with E-state index in [2.05, 4.69) is 0 Å². The third kappa shape index (κ3) is 19.9. The van der Waals surface area contributed by atoms with Crippen molar-refractivity contribution in [1.82, 2.24) is 0 Å². The van der Waals surface area contributed by atoms with Crippen LogP contribution in [-0.4, -0.2) is 45.6 Å². The van der Waals surface area contributed by atoms with E-state index < -0.39 is 0 Å². The van der Waals surface area contributed by atoms with Crippen LogP contribution in [0.3, 0.4) is 0 Å². The number of hydrogen-bond acceptors (Lipinski definition) is 1. The van der Waals surface area contributed by atoms with E-state index in [9.17, 15) is 0 Å². The Bertz CT molecular complexity index is 11.6. The van der Waals surface area contributed by atoms with E-state index >= 15 is 0 Å². The van der Waals surface area contributed by atoms with Gasteiger partial charge in [-0.2, -0.15) is 0 Å². The van der Waals surface area contributed by atoms with E-state index in [1.54, 1.807) is 0 Å². The molecule has 0 atom stereocenters. The molecule has 0 saturated carbocycles. The molecule has 0 heterocycles. The van der Waals surface area contributed by atoms with Crippen molar-refractivity contribution in [2.45, 2.75) is 0 Å². The Morgan fingerprint density at radius 2 is 1.20 bits per heavy atom. The summed E-state index contributed by atoms with van der Waals surface area (Å²) >= 11 is 0.300. The smallest absolute Gasteiger partial charge is 0 e. The molecule has 0 fully saturated rings. The van der Waals surface area contributed by atoms with Crippen LogP contribution in [0, 0.1) is 0 Å². The van der Waals surface area contributed by atoms with Crippen LogP contribution in [0.5, 0.6) is 0 Å². The van der Waals surface area contributed by atoms with Crippen molar-refractivity contribution in [1.29, 1.82) is 0 Å². The second-order valence-electron chi connectivity index (χ2n) is 0. The van der Waals surface area contributed by atoms with Crippen LogP contribution >= 0.6 is 0 Å². The molecule has 0 aliphatic rings.